The second-order valence-electron chi connectivity index (χ2n) is 5.17. The van der Waals surface area contributed by atoms with Crippen LogP contribution in [0.5, 0.6) is 0 Å². The highest BCUT2D eigenvalue weighted by atomic mass is 32.2. The van der Waals surface area contributed by atoms with Gasteiger partial charge in [0, 0.05) is 0 Å². The van der Waals surface area contributed by atoms with Gasteiger partial charge in [-0.1, -0.05) is 6.07 Å². The van der Waals surface area contributed by atoms with Gasteiger partial charge in [0.1, 0.15) is 16.7 Å². The first-order chi connectivity index (χ1) is 12.6. The van der Waals surface area contributed by atoms with Gasteiger partial charge in [-0.25, -0.2) is 22.6 Å². The molecule has 10 nitrogen and oxygen atoms in total. The number of carbonyl (C=O) groups is 2. The first kappa shape index (κ1) is 20.3. The molecule has 0 bridgehead atoms. The molecule has 144 valence electrons. The van der Waals surface area contributed by atoms with Crippen LogP contribution in [0.1, 0.15) is 16.1 Å². The van der Waals surface area contributed by atoms with Crippen LogP contribution < -0.4 is 15.8 Å². The third-order valence-corrected chi connectivity index (χ3v) is 5.38. The molecule has 0 atom stereocenters. The lowest BCUT2D eigenvalue weighted by Crippen LogP contribution is -2.34. The van der Waals surface area contributed by atoms with E-state index in [9.17, 15) is 22.4 Å². The summed E-state index contributed by atoms with van der Waals surface area (Å²) < 4.78 is 40.9. The molecule has 0 aliphatic heterocycles. The third kappa shape index (κ3) is 5.21. The number of anilines is 1. The fourth-order valence-electron chi connectivity index (χ4n) is 1.92. The lowest BCUT2D eigenvalue weighted by atomic mass is 10.1. The van der Waals surface area contributed by atoms with Crippen molar-refractivity contribution in [2.45, 2.75) is 11.3 Å². The maximum atomic E-state index is 14.2. The largest absolute Gasteiger partial charge is 0.476 e. The summed E-state index contributed by atoms with van der Waals surface area (Å²) in [6.07, 6.45) is -0.370. The lowest BCUT2D eigenvalue weighted by molar-refractivity contribution is -0.120. The molecule has 0 saturated carbocycles. The number of hydrogen-bond donors (Lipinski definition) is 5. The van der Waals surface area contributed by atoms with Gasteiger partial charge >= 0.3 is 5.97 Å². The van der Waals surface area contributed by atoms with Crippen LogP contribution in [0.15, 0.2) is 28.6 Å². The molecule has 1 heterocycles. The molecule has 0 saturated heterocycles. The van der Waals surface area contributed by atoms with E-state index in [1.165, 1.54) is 0 Å². The maximum Gasteiger partial charge on any atom is 0.357 e. The van der Waals surface area contributed by atoms with Crippen molar-refractivity contribution in [3.8, 4) is 0 Å². The number of nitrogens with two attached hydrogens (primary N) is 1. The molecule has 6 N–H and O–H groups in total. The van der Waals surface area contributed by atoms with E-state index < -0.39 is 38.3 Å². The summed E-state index contributed by atoms with van der Waals surface area (Å²) in [5, 5.41) is 18.0. The van der Waals surface area contributed by atoms with Gasteiger partial charge in [0.25, 0.3) is 10.0 Å². The smallest absolute Gasteiger partial charge is 0.357 e. The Morgan fingerprint density at radius 3 is 2.67 bits per heavy atom. The van der Waals surface area contributed by atoms with Crippen LogP contribution >= 0.6 is 11.3 Å². The molecular weight excluding hydrogens is 401 g/mol. The molecule has 1 aromatic heterocycles. The van der Waals surface area contributed by atoms with Crippen LogP contribution in [-0.2, 0) is 21.2 Å². The highest BCUT2D eigenvalue weighted by Gasteiger charge is 2.22. The van der Waals surface area contributed by atoms with E-state index in [2.05, 4.69) is 10.3 Å². The monoisotopic (exact) mass is 415 g/mol. The number of hydrogen-bond acceptors (Lipinski definition) is 7. The highest BCUT2D eigenvalue weighted by molar-refractivity contribution is 7.93. The molecule has 1 amide bonds. The Kier molecular flexibility index (Phi) is 6.07. The van der Waals surface area contributed by atoms with Crippen molar-refractivity contribution in [3.63, 3.8) is 0 Å². The Balaban J connectivity index is 2.18. The first-order valence-electron chi connectivity index (χ1n) is 7.17. The molecule has 1 aromatic carbocycles. The van der Waals surface area contributed by atoms with Crippen molar-refractivity contribution in [2.24, 2.45) is 5.73 Å². The lowest BCUT2D eigenvalue weighted by Gasteiger charge is -2.09. The van der Waals surface area contributed by atoms with E-state index in [0.29, 0.717) is 0 Å². The van der Waals surface area contributed by atoms with Gasteiger partial charge in [-0.3, -0.25) is 14.9 Å². The number of aromatic carboxylic acids is 1. The van der Waals surface area contributed by atoms with E-state index in [4.69, 9.17) is 16.2 Å². The molecule has 2 aromatic rings. The molecule has 27 heavy (non-hydrogen) atoms. The number of halogens is 1. The Morgan fingerprint density at radius 1 is 1.37 bits per heavy atom. The first-order valence-corrected chi connectivity index (χ1v) is 9.54. The molecule has 0 aliphatic rings. The minimum Gasteiger partial charge on any atom is -0.476 e. The van der Waals surface area contributed by atoms with Gasteiger partial charge in [-0.15, -0.1) is 11.3 Å². The number of carbonyl (C=O) groups excluding carboxylic acids is 1. The standard InChI is InChI=1S/C14H14FN5O5S2/c15-9-4-8(2-1-7(9)3-11(21)18-5-10(16)17)27(24,25)20-13-12(14(22)23)19-6-26-13/h1-2,4,6,20H,3,5H2,(H3,16,17)(H,18,21)(H,22,23). The highest BCUT2D eigenvalue weighted by Crippen LogP contribution is 2.25. The molecule has 2 rings (SSSR count). The van der Waals surface area contributed by atoms with Gasteiger partial charge < -0.3 is 16.2 Å². The summed E-state index contributed by atoms with van der Waals surface area (Å²) in [6.45, 7) is -0.183. The van der Waals surface area contributed by atoms with Crippen LogP contribution in [-0.4, -0.2) is 42.8 Å². The number of sulfonamides is 1. The average molecular weight is 415 g/mol. The fourth-order valence-corrected chi connectivity index (χ4v) is 3.92. The van der Waals surface area contributed by atoms with Crippen LogP contribution in [0.2, 0.25) is 0 Å². The number of benzene rings is 1. The van der Waals surface area contributed by atoms with E-state index in [1.807, 2.05) is 4.72 Å². The molecule has 0 aliphatic carbocycles. The summed E-state index contributed by atoms with van der Waals surface area (Å²) in [6, 6.07) is 2.93. The Hall–Kier alpha value is -3.06. The summed E-state index contributed by atoms with van der Waals surface area (Å²) in [5.74, 6) is -3.20. The van der Waals surface area contributed by atoms with Gasteiger partial charge in [-0.05, 0) is 17.7 Å². The maximum absolute atomic E-state index is 14.2. The SMILES string of the molecule is N=C(N)CNC(=O)Cc1ccc(S(=O)(=O)Nc2scnc2C(=O)O)cc1F. The van der Waals surface area contributed by atoms with Crippen LogP contribution in [0.25, 0.3) is 0 Å². The topological polar surface area (TPSA) is 175 Å². The zero-order valence-electron chi connectivity index (χ0n) is 13.5. The average Bonchev–Trinajstić information content (AvgIpc) is 3.02. The van der Waals surface area contributed by atoms with Gasteiger partial charge in [-0.2, -0.15) is 0 Å². The second-order valence-corrected chi connectivity index (χ2v) is 7.71. The summed E-state index contributed by atoms with van der Waals surface area (Å²) in [4.78, 5) is 25.7. The summed E-state index contributed by atoms with van der Waals surface area (Å²) in [5.41, 5.74) is 5.73. The van der Waals surface area contributed by atoms with E-state index in [0.717, 1.165) is 35.0 Å². The van der Waals surface area contributed by atoms with Crippen molar-refractivity contribution in [2.75, 3.05) is 11.3 Å². The Bertz CT molecular complexity index is 1010. The third-order valence-electron chi connectivity index (χ3n) is 3.16. The predicted molar refractivity (Wildman–Crippen MR) is 94.9 cm³/mol. The quantitative estimate of drug-likeness (QED) is 0.306. The van der Waals surface area contributed by atoms with Gasteiger partial charge in [0.2, 0.25) is 5.91 Å². The number of nitrogens with one attached hydrogen (secondary N) is 3. The van der Waals surface area contributed by atoms with E-state index in [1.54, 1.807) is 0 Å². The molecule has 0 fully saturated rings. The number of aromatic nitrogens is 1. The van der Waals surface area contributed by atoms with Crippen molar-refractivity contribution < 1.29 is 27.5 Å². The number of rotatable bonds is 8. The summed E-state index contributed by atoms with van der Waals surface area (Å²) >= 11 is 0.767. The van der Waals surface area contributed by atoms with Crippen LogP contribution in [0, 0.1) is 11.2 Å². The van der Waals surface area contributed by atoms with Crippen molar-refractivity contribution in [1.29, 1.82) is 5.41 Å². The number of amidine groups is 1. The van der Waals surface area contributed by atoms with Crippen LogP contribution in [0.4, 0.5) is 9.39 Å². The Morgan fingerprint density at radius 2 is 2.07 bits per heavy atom. The predicted octanol–water partition coefficient (Wildman–Crippen LogP) is 0.376. The Labute approximate surface area is 156 Å². The molecular formula is C14H14FN5O5S2. The molecule has 0 radical (unpaired) electrons. The number of carboxylic acids is 1. The molecule has 0 unspecified atom stereocenters. The number of amides is 1. The van der Waals surface area contributed by atoms with Crippen molar-refractivity contribution >= 4 is 44.1 Å². The molecule has 13 heteroatoms. The zero-order chi connectivity index (χ0) is 20.2. The van der Waals surface area contributed by atoms with Gasteiger partial charge in [0.05, 0.1) is 23.4 Å². The second kappa shape index (κ2) is 8.09. The minimum absolute atomic E-state index is 0.0565. The number of nitrogens with zero attached hydrogens (tertiary/aromatic N) is 1. The van der Waals surface area contributed by atoms with Gasteiger partial charge in [0.15, 0.2) is 5.69 Å². The summed E-state index contributed by atoms with van der Waals surface area (Å²) in [7, 11) is -4.26. The minimum atomic E-state index is -4.26. The van der Waals surface area contributed by atoms with Crippen LogP contribution in [0.3, 0.4) is 0 Å². The fraction of sp³-hybridized carbons (Fsp3) is 0.143. The number of carboxylic acid groups (broad SMARTS) is 1. The van der Waals surface area contributed by atoms with E-state index >= 15 is 0 Å². The molecule has 0 spiro atoms. The number of thiazole rings is 1. The van der Waals surface area contributed by atoms with Crippen molar-refractivity contribution in [1.82, 2.24) is 10.3 Å². The normalized spacial score (nSPS) is 11.0. The van der Waals surface area contributed by atoms with E-state index in [-0.39, 0.29) is 29.4 Å². The zero-order valence-corrected chi connectivity index (χ0v) is 15.2. The van der Waals surface area contributed by atoms with Crippen molar-refractivity contribution in [3.05, 3.63) is 40.8 Å².